The Morgan fingerprint density at radius 1 is 1.44 bits per heavy atom. The molecule has 1 heterocycles. The van der Waals surface area contributed by atoms with Gasteiger partial charge in [-0.15, -0.1) is 0 Å². The van der Waals surface area contributed by atoms with Crippen molar-refractivity contribution < 1.29 is 4.74 Å². The summed E-state index contributed by atoms with van der Waals surface area (Å²) in [7, 11) is 1.78. The Morgan fingerprint density at radius 3 is 2.88 bits per heavy atom. The molecule has 3 nitrogen and oxygen atoms in total. The first kappa shape index (κ1) is 13.9. The second-order valence-electron chi connectivity index (χ2n) is 4.91. The van der Waals surface area contributed by atoms with E-state index < -0.39 is 0 Å². The van der Waals surface area contributed by atoms with Crippen LogP contribution in [0.1, 0.15) is 39.5 Å². The van der Waals surface area contributed by atoms with Crippen LogP contribution in [0.25, 0.3) is 0 Å². The lowest BCUT2D eigenvalue weighted by Gasteiger charge is -2.38. The minimum absolute atomic E-state index is 0.722. The van der Waals surface area contributed by atoms with Crippen molar-refractivity contribution in [3.63, 3.8) is 0 Å². The Hall–Kier alpha value is -0.120. The molecule has 1 aliphatic heterocycles. The molecule has 0 aromatic rings. The first-order valence-electron chi connectivity index (χ1n) is 6.74. The second-order valence-corrected chi connectivity index (χ2v) is 4.91. The summed E-state index contributed by atoms with van der Waals surface area (Å²) >= 11 is 0. The molecule has 0 bridgehead atoms. The van der Waals surface area contributed by atoms with Gasteiger partial charge in [0.1, 0.15) is 0 Å². The quantitative estimate of drug-likeness (QED) is 0.673. The van der Waals surface area contributed by atoms with Crippen molar-refractivity contribution in [2.24, 2.45) is 0 Å². The molecule has 16 heavy (non-hydrogen) atoms. The molecule has 0 spiro atoms. The first-order chi connectivity index (χ1) is 7.77. The van der Waals surface area contributed by atoms with Gasteiger partial charge < -0.3 is 15.0 Å². The van der Waals surface area contributed by atoms with Gasteiger partial charge in [-0.25, -0.2) is 0 Å². The van der Waals surface area contributed by atoms with Gasteiger partial charge in [-0.2, -0.15) is 0 Å². The van der Waals surface area contributed by atoms with Crippen molar-refractivity contribution >= 4 is 0 Å². The number of methoxy groups -OCH3 is 1. The smallest absolute Gasteiger partial charge is 0.0474 e. The van der Waals surface area contributed by atoms with Crippen LogP contribution in [-0.4, -0.2) is 50.3 Å². The van der Waals surface area contributed by atoms with Crippen LogP contribution >= 0.6 is 0 Å². The Morgan fingerprint density at radius 2 is 2.25 bits per heavy atom. The van der Waals surface area contributed by atoms with E-state index in [1.165, 1.54) is 38.9 Å². The zero-order chi connectivity index (χ0) is 11.8. The van der Waals surface area contributed by atoms with Crippen LogP contribution in [0.15, 0.2) is 0 Å². The monoisotopic (exact) mass is 228 g/mol. The summed E-state index contributed by atoms with van der Waals surface area (Å²) in [6, 6.07) is 1.47. The van der Waals surface area contributed by atoms with Crippen molar-refractivity contribution in [2.45, 2.75) is 51.6 Å². The van der Waals surface area contributed by atoms with E-state index in [1.54, 1.807) is 7.11 Å². The fourth-order valence-corrected chi connectivity index (χ4v) is 2.50. The maximum absolute atomic E-state index is 5.10. The van der Waals surface area contributed by atoms with E-state index in [0.717, 1.165) is 25.1 Å². The predicted octanol–water partition coefficient (Wildman–Crippen LogP) is 1.88. The van der Waals surface area contributed by atoms with Crippen molar-refractivity contribution in [1.82, 2.24) is 10.2 Å². The summed E-state index contributed by atoms with van der Waals surface area (Å²) in [6.07, 6.45) is 5.00. The molecule has 0 radical (unpaired) electrons. The molecule has 0 aliphatic carbocycles. The van der Waals surface area contributed by atoms with Crippen molar-refractivity contribution in [3.8, 4) is 0 Å². The minimum Gasteiger partial charge on any atom is -0.385 e. The average molecular weight is 228 g/mol. The van der Waals surface area contributed by atoms with E-state index in [-0.39, 0.29) is 0 Å². The maximum Gasteiger partial charge on any atom is 0.0474 e. The summed E-state index contributed by atoms with van der Waals surface area (Å²) in [5.74, 6) is 0. The summed E-state index contributed by atoms with van der Waals surface area (Å²) in [6.45, 7) is 9.08. The van der Waals surface area contributed by atoms with E-state index in [9.17, 15) is 0 Å². The third-order valence-electron chi connectivity index (χ3n) is 3.49. The van der Waals surface area contributed by atoms with Crippen LogP contribution in [0.4, 0.5) is 0 Å². The predicted molar refractivity (Wildman–Crippen MR) is 68.8 cm³/mol. The van der Waals surface area contributed by atoms with Crippen molar-refractivity contribution in [3.05, 3.63) is 0 Å². The van der Waals surface area contributed by atoms with Crippen LogP contribution in [0.3, 0.4) is 0 Å². The number of hydrogen-bond donors (Lipinski definition) is 1. The van der Waals surface area contributed by atoms with Crippen molar-refractivity contribution in [1.29, 1.82) is 0 Å². The van der Waals surface area contributed by atoms with Gasteiger partial charge in [0, 0.05) is 32.3 Å². The Bertz CT molecular complexity index is 175. The molecule has 0 amide bonds. The number of ether oxygens (including phenoxy) is 1. The molecule has 3 heteroatoms. The SMILES string of the molecule is CCCNC1CCN(CCCOC)C(C)C1. The highest BCUT2D eigenvalue weighted by Gasteiger charge is 2.24. The van der Waals surface area contributed by atoms with Gasteiger partial charge in [0.2, 0.25) is 0 Å². The maximum atomic E-state index is 5.10. The van der Waals surface area contributed by atoms with E-state index >= 15 is 0 Å². The van der Waals surface area contributed by atoms with Crippen LogP contribution in [-0.2, 0) is 4.74 Å². The third kappa shape index (κ3) is 4.81. The van der Waals surface area contributed by atoms with Gasteiger partial charge in [-0.3, -0.25) is 0 Å². The third-order valence-corrected chi connectivity index (χ3v) is 3.49. The fraction of sp³-hybridized carbons (Fsp3) is 1.00. The van der Waals surface area contributed by atoms with Gasteiger partial charge in [0.25, 0.3) is 0 Å². The molecule has 1 rings (SSSR count). The number of hydrogen-bond acceptors (Lipinski definition) is 3. The molecule has 96 valence electrons. The zero-order valence-corrected chi connectivity index (χ0v) is 11.2. The number of nitrogens with zero attached hydrogens (tertiary/aromatic N) is 1. The molecule has 1 aliphatic rings. The van der Waals surface area contributed by atoms with Crippen LogP contribution < -0.4 is 5.32 Å². The fourth-order valence-electron chi connectivity index (χ4n) is 2.50. The summed E-state index contributed by atoms with van der Waals surface area (Å²) in [4.78, 5) is 2.60. The Labute approximate surface area is 101 Å². The van der Waals surface area contributed by atoms with Crippen LogP contribution in [0.2, 0.25) is 0 Å². The number of piperidine rings is 1. The van der Waals surface area contributed by atoms with Crippen LogP contribution in [0.5, 0.6) is 0 Å². The second kappa shape index (κ2) is 8.04. The number of likely N-dealkylation sites (tertiary alicyclic amines) is 1. The minimum atomic E-state index is 0.722. The van der Waals surface area contributed by atoms with Crippen molar-refractivity contribution in [2.75, 3.05) is 33.4 Å². The molecule has 1 saturated heterocycles. The Balaban J connectivity index is 2.18. The molecule has 0 saturated carbocycles. The van der Waals surface area contributed by atoms with Gasteiger partial charge in [0.15, 0.2) is 0 Å². The lowest BCUT2D eigenvalue weighted by molar-refractivity contribution is 0.115. The number of nitrogens with one attached hydrogen (secondary N) is 1. The largest absolute Gasteiger partial charge is 0.385 e. The normalized spacial score (nSPS) is 27.2. The topological polar surface area (TPSA) is 24.5 Å². The molecule has 2 atom stereocenters. The number of rotatable bonds is 7. The van der Waals surface area contributed by atoms with Gasteiger partial charge in [0.05, 0.1) is 0 Å². The average Bonchev–Trinajstić information content (AvgIpc) is 2.29. The molecular weight excluding hydrogens is 200 g/mol. The van der Waals surface area contributed by atoms with E-state index in [1.807, 2.05) is 0 Å². The van der Waals surface area contributed by atoms with Gasteiger partial charge in [-0.1, -0.05) is 6.92 Å². The summed E-state index contributed by atoms with van der Waals surface area (Å²) < 4.78 is 5.10. The molecule has 2 unspecified atom stereocenters. The highest BCUT2D eigenvalue weighted by molar-refractivity contribution is 4.82. The molecular formula is C13H28N2O. The molecule has 0 aromatic carbocycles. The van der Waals surface area contributed by atoms with E-state index in [0.29, 0.717) is 0 Å². The van der Waals surface area contributed by atoms with E-state index in [4.69, 9.17) is 4.74 Å². The first-order valence-corrected chi connectivity index (χ1v) is 6.74. The zero-order valence-electron chi connectivity index (χ0n) is 11.2. The van der Waals surface area contributed by atoms with E-state index in [2.05, 4.69) is 24.1 Å². The summed E-state index contributed by atoms with van der Waals surface area (Å²) in [5.41, 5.74) is 0. The highest BCUT2D eigenvalue weighted by atomic mass is 16.5. The highest BCUT2D eigenvalue weighted by Crippen LogP contribution is 2.17. The lowest BCUT2D eigenvalue weighted by atomic mass is 9.98. The molecule has 1 fully saturated rings. The summed E-state index contributed by atoms with van der Waals surface area (Å²) in [5, 5.41) is 3.64. The standard InChI is InChI=1S/C13H28N2O/c1-4-7-14-13-6-9-15(12(2)11-13)8-5-10-16-3/h12-14H,4-11H2,1-3H3. The lowest BCUT2D eigenvalue weighted by Crippen LogP contribution is -2.47. The molecule has 1 N–H and O–H groups in total. The van der Waals surface area contributed by atoms with Crippen LogP contribution in [0, 0.1) is 0 Å². The van der Waals surface area contributed by atoms with Gasteiger partial charge in [-0.05, 0) is 45.7 Å². The Kier molecular flexibility index (Phi) is 7.01. The molecule has 0 aromatic heterocycles. The van der Waals surface area contributed by atoms with Gasteiger partial charge >= 0.3 is 0 Å².